The topological polar surface area (TPSA) is 237 Å². The van der Waals surface area contributed by atoms with Crippen LogP contribution in [0.3, 0.4) is 0 Å². The Morgan fingerprint density at radius 2 is 0.583 bits per heavy atom. The zero-order valence-corrected chi connectivity index (χ0v) is 63.9. The molecule has 0 saturated heterocycles. The molecule has 0 aromatic rings. The average molecular weight is 1410 g/mol. The number of phosphoric ester groups is 2. The van der Waals surface area contributed by atoms with E-state index in [1.165, 1.54) is 167 Å². The molecule has 0 aliphatic carbocycles. The van der Waals surface area contributed by atoms with Crippen molar-refractivity contribution in [1.29, 1.82) is 0 Å². The molecule has 0 aliphatic heterocycles. The van der Waals surface area contributed by atoms with E-state index in [2.05, 4.69) is 65.8 Å². The Hall–Kier alpha value is -2.46. The summed E-state index contributed by atoms with van der Waals surface area (Å²) >= 11 is 0. The van der Waals surface area contributed by atoms with Gasteiger partial charge in [-0.25, -0.2) is 9.13 Å². The van der Waals surface area contributed by atoms with Gasteiger partial charge in [0.1, 0.15) is 19.3 Å². The molecule has 17 nitrogen and oxygen atoms in total. The highest BCUT2D eigenvalue weighted by Crippen LogP contribution is 2.45. The summed E-state index contributed by atoms with van der Waals surface area (Å²) in [5, 5.41) is 10.6. The number of allylic oxidation sites excluding steroid dienone is 4. The Morgan fingerprint density at radius 3 is 0.885 bits per heavy atom. The first kappa shape index (κ1) is 93.5. The van der Waals surface area contributed by atoms with Gasteiger partial charge in [0.25, 0.3) is 0 Å². The highest BCUT2D eigenvalue weighted by Gasteiger charge is 2.30. The number of esters is 4. The van der Waals surface area contributed by atoms with Gasteiger partial charge in [-0.3, -0.25) is 37.3 Å². The van der Waals surface area contributed by atoms with Crippen LogP contribution in [0.25, 0.3) is 0 Å². The van der Waals surface area contributed by atoms with Gasteiger partial charge in [-0.05, 0) is 63.2 Å². The van der Waals surface area contributed by atoms with Crippen molar-refractivity contribution in [2.24, 2.45) is 11.8 Å². The molecule has 0 aliphatic rings. The van der Waals surface area contributed by atoms with Gasteiger partial charge in [0.05, 0.1) is 26.4 Å². The minimum Gasteiger partial charge on any atom is -0.462 e. The van der Waals surface area contributed by atoms with Crippen LogP contribution in [0.4, 0.5) is 0 Å². The van der Waals surface area contributed by atoms with Gasteiger partial charge < -0.3 is 33.8 Å². The third-order valence-electron chi connectivity index (χ3n) is 18.1. The standard InChI is InChI=1S/C77H146O17P2/c1-7-11-13-15-17-19-21-23-25-26-27-28-30-32-34-36-41-49-55-61-76(81)93-72(65-87-74(79)59-53-47-40-35-33-31-29-24-22-20-18-16-14-12-8-2)67-91-95(83,84)89-63-71(78)64-90-96(85,86)92-68-73(66-88-75(80)60-54-48-44-43-46-52-58-70(6)10-4)94-77(82)62-56-50-42-38-37-39-45-51-57-69(5)9-3/h20,22,24,29,69-73,78H,7-19,21,23,25-28,30-68H2,1-6H3,(H,83,84)(H,85,86)/b22-20-,29-24-/t69?,70?,71-,72-,73-/m1/s1. The Kier molecular flexibility index (Phi) is 66.6. The van der Waals surface area contributed by atoms with Gasteiger partial charge in [0, 0.05) is 25.7 Å². The second kappa shape index (κ2) is 68.3. The van der Waals surface area contributed by atoms with E-state index in [1.54, 1.807) is 0 Å². The lowest BCUT2D eigenvalue weighted by Gasteiger charge is -2.21. The lowest BCUT2D eigenvalue weighted by atomic mass is 9.99. The second-order valence-corrected chi connectivity index (χ2v) is 30.5. The average Bonchev–Trinajstić information content (AvgIpc) is 1.15. The van der Waals surface area contributed by atoms with E-state index in [4.69, 9.17) is 37.0 Å². The molecule has 4 unspecified atom stereocenters. The van der Waals surface area contributed by atoms with Crippen LogP contribution in [-0.2, 0) is 65.4 Å². The molecule has 0 bridgehead atoms. The number of aliphatic hydroxyl groups excluding tert-OH is 1. The molecule has 0 aromatic carbocycles. The van der Waals surface area contributed by atoms with Gasteiger partial charge in [-0.15, -0.1) is 0 Å². The van der Waals surface area contributed by atoms with Crippen LogP contribution in [0.2, 0.25) is 0 Å². The Bertz CT molecular complexity index is 1950. The maximum absolute atomic E-state index is 13.1. The minimum atomic E-state index is -4.97. The Morgan fingerprint density at radius 1 is 0.333 bits per heavy atom. The molecule has 566 valence electrons. The highest BCUT2D eigenvalue weighted by molar-refractivity contribution is 7.47. The molecule has 0 amide bonds. The van der Waals surface area contributed by atoms with Crippen molar-refractivity contribution in [2.75, 3.05) is 39.6 Å². The first-order valence-corrected chi connectivity index (χ1v) is 42.4. The van der Waals surface area contributed by atoms with Crippen molar-refractivity contribution in [3.63, 3.8) is 0 Å². The predicted molar refractivity (Wildman–Crippen MR) is 391 cm³/mol. The fourth-order valence-electron chi connectivity index (χ4n) is 11.2. The van der Waals surface area contributed by atoms with Crippen LogP contribution in [-0.4, -0.2) is 96.7 Å². The zero-order chi connectivity index (χ0) is 70.7. The fourth-order valence-corrected chi connectivity index (χ4v) is 12.8. The van der Waals surface area contributed by atoms with E-state index in [-0.39, 0.29) is 25.7 Å². The highest BCUT2D eigenvalue weighted by atomic mass is 31.2. The van der Waals surface area contributed by atoms with Crippen molar-refractivity contribution in [2.45, 2.75) is 394 Å². The van der Waals surface area contributed by atoms with Gasteiger partial charge in [-0.1, -0.05) is 323 Å². The molecule has 3 N–H and O–H groups in total. The normalized spacial score (nSPS) is 14.7. The summed E-state index contributed by atoms with van der Waals surface area (Å²) in [6.07, 6.45) is 59.1. The largest absolute Gasteiger partial charge is 0.472 e. The molecule has 0 heterocycles. The Balaban J connectivity index is 5.27. The molecule has 0 fully saturated rings. The molecule has 0 spiro atoms. The van der Waals surface area contributed by atoms with Crippen molar-refractivity contribution in [3.8, 4) is 0 Å². The molecule has 0 aromatic heterocycles. The van der Waals surface area contributed by atoms with Crippen LogP contribution in [0, 0.1) is 11.8 Å². The molecular formula is C77H146O17P2. The van der Waals surface area contributed by atoms with Gasteiger partial charge in [0.15, 0.2) is 12.2 Å². The fraction of sp³-hybridized carbons (Fsp3) is 0.896. The van der Waals surface area contributed by atoms with Crippen molar-refractivity contribution in [1.82, 2.24) is 0 Å². The zero-order valence-electron chi connectivity index (χ0n) is 62.2. The molecule has 96 heavy (non-hydrogen) atoms. The predicted octanol–water partition coefficient (Wildman–Crippen LogP) is 22.3. The Labute approximate surface area is 586 Å². The first-order valence-electron chi connectivity index (χ1n) is 39.4. The molecule has 0 radical (unpaired) electrons. The van der Waals surface area contributed by atoms with E-state index in [0.29, 0.717) is 25.7 Å². The maximum atomic E-state index is 13.1. The number of hydrogen-bond donors (Lipinski definition) is 3. The van der Waals surface area contributed by atoms with E-state index in [9.17, 15) is 43.2 Å². The molecule has 19 heteroatoms. The molecule has 0 rings (SSSR count). The molecule has 7 atom stereocenters. The second-order valence-electron chi connectivity index (χ2n) is 27.5. The van der Waals surface area contributed by atoms with Crippen molar-refractivity contribution >= 4 is 39.5 Å². The number of ether oxygens (including phenoxy) is 4. The summed E-state index contributed by atoms with van der Waals surface area (Å²) in [7, 11) is -9.92. The van der Waals surface area contributed by atoms with Gasteiger partial charge >= 0.3 is 39.5 Å². The summed E-state index contributed by atoms with van der Waals surface area (Å²) in [5.74, 6) is -0.651. The number of unbranched alkanes of at least 4 members (excludes halogenated alkanes) is 39. The molecular weight excluding hydrogens is 1260 g/mol. The summed E-state index contributed by atoms with van der Waals surface area (Å²) in [4.78, 5) is 72.8. The third kappa shape index (κ3) is 67.4. The van der Waals surface area contributed by atoms with Gasteiger partial charge in [0.2, 0.25) is 0 Å². The van der Waals surface area contributed by atoms with Crippen LogP contribution in [0.15, 0.2) is 24.3 Å². The third-order valence-corrected chi connectivity index (χ3v) is 20.0. The van der Waals surface area contributed by atoms with E-state index < -0.39 is 97.5 Å². The number of phosphoric acid groups is 2. The number of hydrogen-bond acceptors (Lipinski definition) is 15. The van der Waals surface area contributed by atoms with Crippen LogP contribution in [0.5, 0.6) is 0 Å². The monoisotopic (exact) mass is 1410 g/mol. The number of aliphatic hydroxyl groups is 1. The van der Waals surface area contributed by atoms with E-state index >= 15 is 0 Å². The number of carbonyl (C=O) groups excluding carboxylic acids is 4. The number of carbonyl (C=O) groups is 4. The SMILES string of the molecule is CCCCCC/C=C\C=C/CCCCCCCC(=O)OC[C@H](COP(=O)(O)OC[C@@H](O)COP(=O)(O)OC[C@@H](COC(=O)CCCCCCCCC(C)CC)OC(=O)CCCCCCCCCCC(C)CC)OC(=O)CCCCCCCCCCCCCCCCCCCCC. The van der Waals surface area contributed by atoms with Crippen LogP contribution < -0.4 is 0 Å². The quantitative estimate of drug-likeness (QED) is 0.0169. The lowest BCUT2D eigenvalue weighted by Crippen LogP contribution is -2.30. The van der Waals surface area contributed by atoms with Crippen LogP contribution in [0.1, 0.15) is 375 Å². The minimum absolute atomic E-state index is 0.101. The van der Waals surface area contributed by atoms with Crippen molar-refractivity contribution in [3.05, 3.63) is 24.3 Å². The molecule has 0 saturated carbocycles. The van der Waals surface area contributed by atoms with Crippen LogP contribution >= 0.6 is 15.6 Å². The summed E-state index contributed by atoms with van der Waals surface area (Å²) in [6.45, 7) is 9.49. The number of rotatable bonds is 74. The summed E-state index contributed by atoms with van der Waals surface area (Å²) in [6, 6.07) is 0. The first-order chi connectivity index (χ1) is 46.4. The summed E-state index contributed by atoms with van der Waals surface area (Å²) < 4.78 is 68.5. The van der Waals surface area contributed by atoms with E-state index in [1.807, 2.05) is 0 Å². The van der Waals surface area contributed by atoms with Crippen molar-refractivity contribution < 1.29 is 80.2 Å². The lowest BCUT2D eigenvalue weighted by molar-refractivity contribution is -0.161. The summed E-state index contributed by atoms with van der Waals surface area (Å²) in [5.41, 5.74) is 0. The maximum Gasteiger partial charge on any atom is 0.472 e. The smallest absolute Gasteiger partial charge is 0.462 e. The van der Waals surface area contributed by atoms with E-state index in [0.717, 1.165) is 127 Å². The van der Waals surface area contributed by atoms with Gasteiger partial charge in [-0.2, -0.15) is 0 Å².